The van der Waals surface area contributed by atoms with Crippen molar-refractivity contribution in [1.29, 1.82) is 0 Å². The van der Waals surface area contributed by atoms with Crippen molar-refractivity contribution in [3.8, 4) is 5.75 Å². The normalized spacial score (nSPS) is 42.2. The summed E-state index contributed by atoms with van der Waals surface area (Å²) in [7, 11) is 0. The second kappa shape index (κ2) is 10.2. The molecule has 0 radical (unpaired) electrons. The maximum atomic E-state index is 13.0. The molecule has 4 saturated carbocycles. The SMILES string of the molecule is CC1(C)CC[C@]2(C(=O)O)CC[C@]3(C)C(=CCC4[C@@]5(C)CC[C@H](OC(=O)/C=C/c6ccc(O)cc6)C(C)(C)C5CC[C@]43C)C2C1. The van der Waals surface area contributed by atoms with Crippen molar-refractivity contribution in [3.05, 3.63) is 47.6 Å². The number of esters is 1. The lowest BCUT2D eigenvalue weighted by molar-refractivity contribution is -0.212. The number of carbonyl (C=O) groups excluding carboxylic acids is 1. The Labute approximate surface area is 264 Å². The molecule has 5 aliphatic carbocycles. The number of ether oxygens (including phenoxy) is 1. The number of carboxylic acid groups (broad SMARTS) is 1. The number of phenolic OH excluding ortho intramolecular Hbond substituents is 1. The fourth-order valence-corrected chi connectivity index (χ4v) is 11.7. The largest absolute Gasteiger partial charge is 0.508 e. The van der Waals surface area contributed by atoms with Crippen molar-refractivity contribution in [2.45, 2.75) is 119 Å². The Kier molecular flexibility index (Phi) is 7.30. The highest BCUT2D eigenvalue weighted by molar-refractivity contribution is 5.87. The van der Waals surface area contributed by atoms with E-state index >= 15 is 0 Å². The van der Waals surface area contributed by atoms with Crippen LogP contribution >= 0.6 is 0 Å². The number of benzene rings is 1. The Morgan fingerprint density at radius 3 is 2.23 bits per heavy atom. The molecule has 240 valence electrons. The molecule has 0 spiro atoms. The molecule has 0 amide bonds. The van der Waals surface area contributed by atoms with E-state index in [0.717, 1.165) is 69.8 Å². The predicted molar refractivity (Wildman–Crippen MR) is 174 cm³/mol. The number of hydrogen-bond donors (Lipinski definition) is 2. The summed E-state index contributed by atoms with van der Waals surface area (Å²) in [6, 6.07) is 6.79. The topological polar surface area (TPSA) is 83.8 Å². The van der Waals surface area contributed by atoms with Crippen molar-refractivity contribution >= 4 is 18.0 Å². The molecule has 44 heavy (non-hydrogen) atoms. The summed E-state index contributed by atoms with van der Waals surface area (Å²) in [4.78, 5) is 25.9. The standard InChI is InChI=1S/C39H54O5/c1-34(2)20-22-39(33(42)43)23-21-37(6)27(28(39)24-34)13-14-30-36(5)18-17-31(35(3,4)29(36)16-19-38(30,37)7)44-32(41)15-10-25-8-11-26(40)12-9-25/h8-13,15,28-31,40H,14,16-24H2,1-7H3,(H,42,43)/b15-10+/t28?,29?,30?,31-,36-,37+,38+,39-/m0/s1. The molecular weight excluding hydrogens is 548 g/mol. The van der Waals surface area contributed by atoms with Crippen molar-refractivity contribution in [2.24, 2.45) is 50.2 Å². The van der Waals surface area contributed by atoms with Crippen LogP contribution in [0.4, 0.5) is 0 Å². The minimum absolute atomic E-state index is 0.00735. The van der Waals surface area contributed by atoms with Crippen molar-refractivity contribution in [1.82, 2.24) is 0 Å². The molecule has 0 bridgehead atoms. The van der Waals surface area contributed by atoms with Crippen molar-refractivity contribution < 1.29 is 24.5 Å². The van der Waals surface area contributed by atoms with Gasteiger partial charge in [-0.2, -0.15) is 0 Å². The Hall–Kier alpha value is -2.56. The summed E-state index contributed by atoms with van der Waals surface area (Å²) in [6.45, 7) is 16.9. The van der Waals surface area contributed by atoms with Crippen LogP contribution in [0.1, 0.15) is 118 Å². The van der Waals surface area contributed by atoms with Gasteiger partial charge in [0.05, 0.1) is 5.41 Å². The molecule has 0 aliphatic heterocycles. The minimum Gasteiger partial charge on any atom is -0.508 e. The molecule has 4 fully saturated rings. The Morgan fingerprint density at radius 1 is 0.864 bits per heavy atom. The van der Waals surface area contributed by atoms with Gasteiger partial charge in [-0.05, 0) is 127 Å². The number of hydrogen-bond acceptors (Lipinski definition) is 4. The zero-order chi connectivity index (χ0) is 31.9. The lowest BCUT2D eigenvalue weighted by atomic mass is 9.33. The van der Waals surface area contributed by atoms with E-state index in [0.29, 0.717) is 11.8 Å². The lowest BCUT2D eigenvalue weighted by Crippen LogP contribution is -2.65. The number of fused-ring (bicyclic) bond motifs is 7. The average molecular weight is 603 g/mol. The number of carboxylic acids is 1. The number of phenols is 1. The van der Waals surface area contributed by atoms with E-state index in [2.05, 4.69) is 54.5 Å². The van der Waals surface area contributed by atoms with Gasteiger partial charge in [0, 0.05) is 11.5 Å². The van der Waals surface area contributed by atoms with Gasteiger partial charge in [0.15, 0.2) is 0 Å². The maximum absolute atomic E-state index is 13.0. The third-order valence-electron chi connectivity index (χ3n) is 14.6. The molecule has 1 aromatic rings. The van der Waals surface area contributed by atoms with E-state index in [1.165, 1.54) is 11.6 Å². The molecule has 3 unspecified atom stereocenters. The smallest absolute Gasteiger partial charge is 0.331 e. The summed E-state index contributed by atoms with van der Waals surface area (Å²) in [5.74, 6) is 0.409. The predicted octanol–water partition coefficient (Wildman–Crippen LogP) is 9.20. The average Bonchev–Trinajstić information content (AvgIpc) is 2.94. The van der Waals surface area contributed by atoms with E-state index < -0.39 is 11.4 Å². The van der Waals surface area contributed by atoms with Gasteiger partial charge in [0.1, 0.15) is 11.9 Å². The highest BCUT2D eigenvalue weighted by atomic mass is 16.5. The molecule has 0 saturated heterocycles. The third kappa shape index (κ3) is 4.53. The van der Waals surface area contributed by atoms with Gasteiger partial charge >= 0.3 is 11.9 Å². The van der Waals surface area contributed by atoms with Crippen LogP contribution in [0.15, 0.2) is 42.0 Å². The summed E-state index contributed by atoms with van der Waals surface area (Å²) in [5, 5.41) is 20.2. The second-order valence-corrected chi connectivity index (χ2v) is 17.4. The zero-order valence-corrected chi connectivity index (χ0v) is 28.0. The summed E-state index contributed by atoms with van der Waals surface area (Å²) < 4.78 is 6.18. The van der Waals surface area contributed by atoms with Crippen LogP contribution in [0.25, 0.3) is 6.08 Å². The first-order chi connectivity index (χ1) is 20.5. The summed E-state index contributed by atoms with van der Waals surface area (Å²) in [5.41, 5.74) is 1.98. The fraction of sp³-hybridized carbons (Fsp3) is 0.692. The van der Waals surface area contributed by atoms with Crippen molar-refractivity contribution in [3.63, 3.8) is 0 Å². The molecule has 5 heteroatoms. The van der Waals surface area contributed by atoms with Gasteiger partial charge in [-0.15, -0.1) is 0 Å². The van der Waals surface area contributed by atoms with E-state index in [1.807, 2.05) is 0 Å². The number of aromatic hydroxyl groups is 1. The maximum Gasteiger partial charge on any atom is 0.331 e. The highest BCUT2D eigenvalue weighted by Gasteiger charge is 2.69. The van der Waals surface area contributed by atoms with Crippen LogP contribution in [-0.4, -0.2) is 28.3 Å². The number of carbonyl (C=O) groups is 2. The summed E-state index contributed by atoms with van der Waals surface area (Å²) in [6.07, 6.45) is 15.3. The van der Waals surface area contributed by atoms with E-state index in [1.54, 1.807) is 30.3 Å². The lowest BCUT2D eigenvalue weighted by Gasteiger charge is -2.71. The quantitative estimate of drug-likeness (QED) is 0.204. The zero-order valence-electron chi connectivity index (χ0n) is 28.0. The number of allylic oxidation sites excluding steroid dienone is 2. The van der Waals surface area contributed by atoms with Gasteiger partial charge in [0.25, 0.3) is 0 Å². The Morgan fingerprint density at radius 2 is 1.55 bits per heavy atom. The van der Waals surface area contributed by atoms with Gasteiger partial charge < -0.3 is 14.9 Å². The summed E-state index contributed by atoms with van der Waals surface area (Å²) >= 11 is 0. The molecule has 5 nitrogen and oxygen atoms in total. The monoisotopic (exact) mass is 602 g/mol. The molecule has 6 rings (SSSR count). The molecule has 0 heterocycles. The van der Waals surface area contributed by atoms with E-state index in [4.69, 9.17) is 4.74 Å². The highest BCUT2D eigenvalue weighted by Crippen LogP contribution is 2.75. The first kappa shape index (κ1) is 31.4. The van der Waals surface area contributed by atoms with E-state index in [9.17, 15) is 19.8 Å². The Balaban J connectivity index is 1.26. The van der Waals surface area contributed by atoms with Crippen LogP contribution in [0.5, 0.6) is 5.75 Å². The second-order valence-electron chi connectivity index (χ2n) is 17.4. The van der Waals surface area contributed by atoms with Crippen LogP contribution in [0.3, 0.4) is 0 Å². The van der Waals surface area contributed by atoms with Gasteiger partial charge in [0.2, 0.25) is 0 Å². The molecule has 2 N–H and O–H groups in total. The van der Waals surface area contributed by atoms with Gasteiger partial charge in [-0.25, -0.2) is 4.79 Å². The van der Waals surface area contributed by atoms with Crippen molar-refractivity contribution in [2.75, 3.05) is 0 Å². The first-order valence-corrected chi connectivity index (χ1v) is 17.1. The van der Waals surface area contributed by atoms with Gasteiger partial charge in [-0.3, -0.25) is 4.79 Å². The minimum atomic E-state index is -0.605. The Bertz CT molecular complexity index is 1390. The van der Waals surface area contributed by atoms with Crippen LogP contribution in [-0.2, 0) is 14.3 Å². The van der Waals surface area contributed by atoms with E-state index in [-0.39, 0.29) is 50.8 Å². The molecule has 8 atom stereocenters. The van der Waals surface area contributed by atoms with Crippen LogP contribution in [0, 0.1) is 50.2 Å². The van der Waals surface area contributed by atoms with Gasteiger partial charge in [-0.1, -0.05) is 72.2 Å². The molecule has 0 aromatic heterocycles. The number of rotatable bonds is 4. The fourth-order valence-electron chi connectivity index (χ4n) is 11.7. The molecule has 1 aromatic carbocycles. The van der Waals surface area contributed by atoms with Crippen LogP contribution < -0.4 is 0 Å². The third-order valence-corrected chi connectivity index (χ3v) is 14.6. The molecular formula is C39H54O5. The molecule has 5 aliphatic rings. The first-order valence-electron chi connectivity index (χ1n) is 17.1. The number of aliphatic carboxylic acids is 1. The van der Waals surface area contributed by atoms with Crippen LogP contribution in [0.2, 0.25) is 0 Å².